The van der Waals surface area contributed by atoms with E-state index in [2.05, 4.69) is 118 Å². The number of hydrogen-bond acceptors (Lipinski definition) is 3. The quantitative estimate of drug-likeness (QED) is 0.242. The van der Waals surface area contributed by atoms with E-state index in [0.29, 0.717) is 5.92 Å². The van der Waals surface area contributed by atoms with Gasteiger partial charge in [-0.15, -0.1) is 0 Å². The summed E-state index contributed by atoms with van der Waals surface area (Å²) >= 11 is 0. The summed E-state index contributed by atoms with van der Waals surface area (Å²) in [7, 11) is 0. The average Bonchev–Trinajstić information content (AvgIpc) is 3.34. The fraction of sp³-hybridized carbons (Fsp3) is 0.0556. The third-order valence-electron chi connectivity index (χ3n) is 8.09. The highest BCUT2D eigenvalue weighted by Crippen LogP contribution is 2.49. The van der Waals surface area contributed by atoms with Gasteiger partial charge in [-0.3, -0.25) is 9.97 Å². The maximum Gasteiger partial charge on any atom is 0.0723 e. The van der Waals surface area contributed by atoms with Crippen LogP contribution in [0.1, 0.15) is 17.9 Å². The third-order valence-corrected chi connectivity index (χ3v) is 8.09. The summed E-state index contributed by atoms with van der Waals surface area (Å²) in [5.41, 5.74) is 11.0. The second kappa shape index (κ2) is 8.78. The van der Waals surface area contributed by atoms with Crippen molar-refractivity contribution in [1.82, 2.24) is 9.97 Å². The highest BCUT2D eigenvalue weighted by Gasteiger charge is 2.25. The van der Waals surface area contributed by atoms with E-state index in [1.165, 1.54) is 38.6 Å². The highest BCUT2D eigenvalue weighted by molar-refractivity contribution is 6.16. The average molecular weight is 500 g/mol. The standard InChI is InChI=1S/C36H25N3/c1-2-9-29-28(8-1)31-12-5-11-30-27(18-19-32(29)36(30)31)24-14-16-25(17-15-24)39(26-7-6-21-37-23-26)35-20-22-38-34-13-4-3-10-33(34)35/h1-14,16-24H,15H2. The normalized spacial score (nSPS) is 15.4. The van der Waals surface area contributed by atoms with Crippen LogP contribution in [0, 0.1) is 0 Å². The van der Waals surface area contributed by atoms with Crippen molar-refractivity contribution < 1.29 is 0 Å². The summed E-state index contributed by atoms with van der Waals surface area (Å²) in [6.07, 6.45) is 13.6. The maximum absolute atomic E-state index is 4.60. The molecule has 3 heteroatoms. The molecule has 39 heavy (non-hydrogen) atoms. The van der Waals surface area contributed by atoms with E-state index in [0.717, 1.165) is 34.4 Å². The Balaban J connectivity index is 1.20. The van der Waals surface area contributed by atoms with Gasteiger partial charge >= 0.3 is 0 Å². The molecule has 2 aliphatic carbocycles. The van der Waals surface area contributed by atoms with Gasteiger partial charge in [-0.25, -0.2) is 0 Å². The Morgan fingerprint density at radius 1 is 0.667 bits per heavy atom. The van der Waals surface area contributed by atoms with Crippen LogP contribution in [0.3, 0.4) is 0 Å². The first-order valence-electron chi connectivity index (χ1n) is 13.4. The number of pyridine rings is 2. The fourth-order valence-electron chi connectivity index (χ4n) is 6.35. The largest absolute Gasteiger partial charge is 0.309 e. The van der Waals surface area contributed by atoms with Crippen LogP contribution >= 0.6 is 0 Å². The molecule has 0 bridgehead atoms. The monoisotopic (exact) mass is 499 g/mol. The van der Waals surface area contributed by atoms with Crippen molar-refractivity contribution in [3.05, 3.63) is 145 Å². The first-order chi connectivity index (χ1) is 19.4. The zero-order chi connectivity index (χ0) is 25.8. The third kappa shape index (κ3) is 3.44. The van der Waals surface area contributed by atoms with Crippen LogP contribution < -0.4 is 4.90 Å². The van der Waals surface area contributed by atoms with E-state index < -0.39 is 0 Å². The number of benzene rings is 4. The van der Waals surface area contributed by atoms with Crippen LogP contribution in [0.2, 0.25) is 0 Å². The minimum atomic E-state index is 0.312. The summed E-state index contributed by atoms with van der Waals surface area (Å²) in [6.45, 7) is 0. The zero-order valence-electron chi connectivity index (χ0n) is 21.3. The van der Waals surface area contributed by atoms with Crippen molar-refractivity contribution in [3.8, 4) is 22.3 Å². The Bertz CT molecular complexity index is 1920. The molecule has 6 aromatic rings. The number of aromatic nitrogens is 2. The van der Waals surface area contributed by atoms with Gasteiger partial charge in [0.2, 0.25) is 0 Å². The molecule has 0 aliphatic heterocycles. The second-order valence-electron chi connectivity index (χ2n) is 10.2. The first-order valence-corrected chi connectivity index (χ1v) is 13.4. The molecule has 2 heterocycles. The Kier molecular flexibility index (Phi) is 4.95. The molecule has 8 rings (SSSR count). The highest BCUT2D eigenvalue weighted by atomic mass is 15.2. The number of para-hydroxylation sites is 1. The minimum Gasteiger partial charge on any atom is -0.309 e. The van der Waals surface area contributed by atoms with Gasteiger partial charge in [-0.05, 0) is 75.4 Å². The van der Waals surface area contributed by atoms with Crippen LogP contribution in [-0.4, -0.2) is 9.97 Å². The van der Waals surface area contributed by atoms with E-state index in [9.17, 15) is 0 Å². The molecule has 0 N–H and O–H groups in total. The SMILES string of the molecule is C1=CC(c2ccc3c4c(cccc24)-c2ccccc2-3)CC=C1N(c1cccnc1)c1ccnc2ccccc12. The van der Waals surface area contributed by atoms with E-state index in [-0.39, 0.29) is 0 Å². The van der Waals surface area contributed by atoms with Gasteiger partial charge in [0.05, 0.1) is 23.1 Å². The number of anilines is 2. The summed E-state index contributed by atoms with van der Waals surface area (Å²) in [5, 5.41) is 3.86. The smallest absolute Gasteiger partial charge is 0.0723 e. The van der Waals surface area contributed by atoms with Crippen LogP contribution in [0.15, 0.2) is 140 Å². The van der Waals surface area contributed by atoms with Crippen molar-refractivity contribution in [3.63, 3.8) is 0 Å². The Morgan fingerprint density at radius 2 is 1.46 bits per heavy atom. The van der Waals surface area contributed by atoms with Gasteiger partial charge in [0.1, 0.15) is 0 Å². The molecule has 184 valence electrons. The molecule has 1 unspecified atom stereocenters. The summed E-state index contributed by atoms with van der Waals surface area (Å²) < 4.78 is 0. The summed E-state index contributed by atoms with van der Waals surface area (Å²) in [5.74, 6) is 0.312. The van der Waals surface area contributed by atoms with Crippen molar-refractivity contribution in [2.24, 2.45) is 0 Å². The van der Waals surface area contributed by atoms with Gasteiger partial charge in [-0.1, -0.05) is 84.9 Å². The Morgan fingerprint density at radius 3 is 2.28 bits per heavy atom. The van der Waals surface area contributed by atoms with Crippen molar-refractivity contribution in [2.45, 2.75) is 12.3 Å². The predicted molar refractivity (Wildman–Crippen MR) is 161 cm³/mol. The molecule has 1 atom stereocenters. The van der Waals surface area contributed by atoms with Gasteiger partial charge in [-0.2, -0.15) is 0 Å². The van der Waals surface area contributed by atoms with E-state index in [1.807, 2.05) is 30.7 Å². The minimum absolute atomic E-state index is 0.312. The first kappa shape index (κ1) is 22.0. The van der Waals surface area contributed by atoms with Crippen molar-refractivity contribution in [2.75, 3.05) is 4.90 Å². The Hall–Kier alpha value is -5.02. The van der Waals surface area contributed by atoms with Crippen molar-refractivity contribution >= 4 is 33.1 Å². The molecule has 0 saturated heterocycles. The lowest BCUT2D eigenvalue weighted by Crippen LogP contribution is -2.18. The van der Waals surface area contributed by atoms with Crippen LogP contribution in [0.4, 0.5) is 11.4 Å². The molecule has 0 spiro atoms. The zero-order valence-corrected chi connectivity index (χ0v) is 21.3. The molecular weight excluding hydrogens is 474 g/mol. The number of hydrogen-bond donors (Lipinski definition) is 0. The lowest BCUT2D eigenvalue weighted by atomic mass is 9.86. The molecule has 0 amide bonds. The maximum atomic E-state index is 4.60. The molecule has 2 aromatic heterocycles. The number of allylic oxidation sites excluding steroid dienone is 3. The van der Waals surface area contributed by atoms with Crippen molar-refractivity contribution in [1.29, 1.82) is 0 Å². The molecular formula is C36H25N3. The number of rotatable bonds is 4. The number of nitrogens with zero attached hydrogens (tertiary/aromatic N) is 3. The Labute approximate surface area is 227 Å². The van der Waals surface area contributed by atoms with Gasteiger partial charge in [0, 0.05) is 29.4 Å². The van der Waals surface area contributed by atoms with E-state index >= 15 is 0 Å². The van der Waals surface area contributed by atoms with Crippen LogP contribution in [0.25, 0.3) is 43.9 Å². The van der Waals surface area contributed by atoms with E-state index in [1.54, 1.807) is 0 Å². The lowest BCUT2D eigenvalue weighted by Gasteiger charge is -2.29. The molecule has 0 radical (unpaired) electrons. The molecule has 0 fully saturated rings. The fourth-order valence-corrected chi connectivity index (χ4v) is 6.35. The van der Waals surface area contributed by atoms with Gasteiger partial charge in [0.25, 0.3) is 0 Å². The van der Waals surface area contributed by atoms with Gasteiger partial charge in [0.15, 0.2) is 0 Å². The van der Waals surface area contributed by atoms with E-state index in [4.69, 9.17) is 0 Å². The summed E-state index contributed by atoms with van der Waals surface area (Å²) in [6, 6.07) is 34.7. The van der Waals surface area contributed by atoms with Crippen LogP contribution in [-0.2, 0) is 0 Å². The molecule has 4 aromatic carbocycles. The lowest BCUT2D eigenvalue weighted by molar-refractivity contribution is 0.847. The predicted octanol–water partition coefficient (Wildman–Crippen LogP) is 9.20. The molecule has 0 saturated carbocycles. The molecule has 3 nitrogen and oxygen atoms in total. The molecule has 2 aliphatic rings. The van der Waals surface area contributed by atoms with Crippen LogP contribution in [0.5, 0.6) is 0 Å². The summed E-state index contributed by atoms with van der Waals surface area (Å²) in [4.78, 5) is 11.3. The second-order valence-corrected chi connectivity index (χ2v) is 10.2. The number of fused-ring (bicyclic) bond motifs is 4. The topological polar surface area (TPSA) is 29.0 Å². The van der Waals surface area contributed by atoms with Gasteiger partial charge < -0.3 is 4.90 Å².